The number of aliphatic hydroxyl groups is 1. The molecule has 0 heterocycles. The minimum Gasteiger partial charge on any atom is -0.478 e. The second-order valence-electron chi connectivity index (χ2n) is 9.75. The lowest BCUT2D eigenvalue weighted by atomic mass is 9.44. The summed E-state index contributed by atoms with van der Waals surface area (Å²) in [6, 6.07) is 0. The summed E-state index contributed by atoms with van der Waals surface area (Å²) in [4.78, 5) is 35.4. The fraction of sp³-hybridized carbons (Fsp3) is 0.682. The van der Waals surface area contributed by atoms with Crippen molar-refractivity contribution in [3.63, 3.8) is 0 Å². The fourth-order valence-corrected chi connectivity index (χ4v) is 7.36. The Morgan fingerprint density at radius 3 is 2.57 bits per heavy atom. The van der Waals surface area contributed by atoms with Gasteiger partial charge in [0.25, 0.3) is 6.47 Å². The Bertz CT molecular complexity index is 885. The van der Waals surface area contributed by atoms with Crippen LogP contribution in [0.25, 0.3) is 0 Å². The number of aliphatic hydroxyl groups excluding tert-OH is 1. The quantitative estimate of drug-likeness (QED) is 0.676. The number of carbonyl (C=O) groups is 3. The molecule has 0 aromatic carbocycles. The predicted octanol–water partition coefficient (Wildman–Crippen LogP) is 2.55. The number of ketones is 1. The van der Waals surface area contributed by atoms with Gasteiger partial charge in [-0.3, -0.25) is 9.59 Å². The molecule has 3 fully saturated rings. The van der Waals surface area contributed by atoms with Gasteiger partial charge in [0.1, 0.15) is 6.17 Å². The average molecular weight is 424 g/mol. The molecule has 8 heteroatoms. The van der Waals surface area contributed by atoms with E-state index in [1.54, 1.807) is 13.8 Å². The van der Waals surface area contributed by atoms with E-state index in [0.29, 0.717) is 0 Å². The van der Waals surface area contributed by atoms with Gasteiger partial charge in [0.15, 0.2) is 11.5 Å². The summed E-state index contributed by atoms with van der Waals surface area (Å²) in [5.74, 6) is -4.09. The molecule has 0 bridgehead atoms. The molecule has 4 aliphatic carbocycles. The van der Waals surface area contributed by atoms with E-state index in [9.17, 15) is 24.6 Å². The molecule has 4 rings (SSSR count). The number of carboxylic acids is 1. The van der Waals surface area contributed by atoms with E-state index < -0.39 is 63.9 Å². The first-order chi connectivity index (χ1) is 13.9. The zero-order valence-electron chi connectivity index (χ0n) is 17.1. The minimum absolute atomic E-state index is 0.0103. The number of aliphatic carboxylic acids is 1. The maximum Gasteiger partial charge on any atom is 0.349 e. The van der Waals surface area contributed by atoms with Gasteiger partial charge in [0.05, 0.1) is 6.10 Å². The van der Waals surface area contributed by atoms with Crippen molar-refractivity contribution in [2.45, 2.75) is 63.6 Å². The molecule has 0 aromatic rings. The van der Waals surface area contributed by atoms with E-state index in [4.69, 9.17) is 4.74 Å². The number of rotatable bonds is 3. The number of hydrogen-bond donors (Lipinski definition) is 2. The minimum atomic E-state index is -2.29. The zero-order chi connectivity index (χ0) is 22.3. The first-order valence-electron chi connectivity index (χ1n) is 10.2. The molecule has 0 aliphatic heterocycles. The van der Waals surface area contributed by atoms with E-state index in [2.05, 4.69) is 0 Å². The van der Waals surface area contributed by atoms with Crippen molar-refractivity contribution >= 4 is 18.2 Å². The zero-order valence-corrected chi connectivity index (χ0v) is 17.1. The predicted molar refractivity (Wildman–Crippen MR) is 101 cm³/mol. The standard InChI is InChI=1S/C22H26F2O6/c1-11-6-13-14-8-16(23)15-7-12(26)4-5-19(15,2)21(14,24)17(27)9-20(13,3)22(11,18(28)29)30-10-25/h4-5,7,10-11,13-14,16-17,27H,6,8-9H2,1-3H3,(H,28,29)/t11-,13+,14+,16+,17+,19+,20+,21+,22+/m1/s1. The van der Waals surface area contributed by atoms with Crippen LogP contribution in [0, 0.1) is 28.6 Å². The molecule has 164 valence electrons. The van der Waals surface area contributed by atoms with E-state index in [1.165, 1.54) is 19.1 Å². The van der Waals surface area contributed by atoms with Crippen molar-refractivity contribution in [2.24, 2.45) is 28.6 Å². The third-order valence-corrected chi connectivity index (χ3v) is 8.72. The highest BCUT2D eigenvalue weighted by molar-refractivity contribution is 6.01. The number of hydrogen-bond acceptors (Lipinski definition) is 5. The van der Waals surface area contributed by atoms with E-state index in [1.807, 2.05) is 0 Å². The van der Waals surface area contributed by atoms with Gasteiger partial charge in [0.2, 0.25) is 5.60 Å². The maximum atomic E-state index is 16.9. The SMILES string of the molecule is C[C@@H]1C[C@H]2[C@@H]3C[C@H](F)C4=CC(=O)C=C[C@]4(C)[C@@]3(F)[C@@H](O)C[C@]2(C)[C@@]1(OC=O)C(=O)O. The van der Waals surface area contributed by atoms with E-state index >= 15 is 8.78 Å². The lowest BCUT2D eigenvalue weighted by Crippen LogP contribution is -2.70. The van der Waals surface area contributed by atoms with Gasteiger partial charge in [-0.25, -0.2) is 13.6 Å². The summed E-state index contributed by atoms with van der Waals surface area (Å²) in [5.41, 5.74) is -7.05. The lowest BCUT2D eigenvalue weighted by molar-refractivity contribution is -0.233. The Balaban J connectivity index is 1.89. The summed E-state index contributed by atoms with van der Waals surface area (Å²) < 4.78 is 37.4. The third kappa shape index (κ3) is 2.13. The van der Waals surface area contributed by atoms with Crippen molar-refractivity contribution in [1.29, 1.82) is 0 Å². The molecule has 2 N–H and O–H groups in total. The van der Waals surface area contributed by atoms with Gasteiger partial charge < -0.3 is 14.9 Å². The first-order valence-corrected chi connectivity index (χ1v) is 10.2. The van der Waals surface area contributed by atoms with E-state index in [-0.39, 0.29) is 31.3 Å². The topological polar surface area (TPSA) is 101 Å². The molecular weight excluding hydrogens is 398 g/mol. The summed E-state index contributed by atoms with van der Waals surface area (Å²) in [6.45, 7) is 4.77. The molecule has 0 aromatic heterocycles. The third-order valence-electron chi connectivity index (χ3n) is 8.72. The van der Waals surface area contributed by atoms with Crippen molar-refractivity contribution in [3.05, 3.63) is 23.8 Å². The Hall–Kier alpha value is -2.09. The molecule has 6 nitrogen and oxygen atoms in total. The monoisotopic (exact) mass is 424 g/mol. The van der Waals surface area contributed by atoms with Crippen LogP contribution >= 0.6 is 0 Å². The van der Waals surface area contributed by atoms with Gasteiger partial charge in [-0.05, 0) is 49.8 Å². The number of halogens is 2. The van der Waals surface area contributed by atoms with Gasteiger partial charge >= 0.3 is 5.97 Å². The first kappa shape index (κ1) is 21.2. The van der Waals surface area contributed by atoms with Gasteiger partial charge in [-0.15, -0.1) is 0 Å². The highest BCUT2D eigenvalue weighted by Gasteiger charge is 2.78. The largest absolute Gasteiger partial charge is 0.478 e. The van der Waals surface area contributed by atoms with Crippen molar-refractivity contribution < 1.29 is 38.1 Å². The molecule has 4 aliphatic rings. The Kier molecular flexibility index (Phi) is 4.38. The van der Waals surface area contributed by atoms with Crippen LogP contribution in [-0.4, -0.2) is 52.0 Å². The van der Waals surface area contributed by atoms with Crippen LogP contribution in [-0.2, 0) is 19.1 Å². The number of carbonyl (C=O) groups excluding carboxylic acids is 2. The molecule has 0 saturated heterocycles. The summed E-state index contributed by atoms with van der Waals surface area (Å²) in [5, 5.41) is 21.2. The Labute approximate surface area is 173 Å². The van der Waals surface area contributed by atoms with Gasteiger partial charge in [-0.2, -0.15) is 0 Å². The van der Waals surface area contributed by atoms with E-state index in [0.717, 1.165) is 6.08 Å². The number of ether oxygens (including phenoxy) is 1. The van der Waals surface area contributed by atoms with Crippen molar-refractivity contribution in [1.82, 2.24) is 0 Å². The van der Waals surface area contributed by atoms with Gasteiger partial charge in [-0.1, -0.05) is 19.9 Å². The molecule has 0 spiro atoms. The van der Waals surface area contributed by atoms with Crippen LogP contribution in [0.3, 0.4) is 0 Å². The molecule has 0 amide bonds. The average Bonchev–Trinajstić information content (AvgIpc) is 2.88. The van der Waals surface area contributed by atoms with Gasteiger partial charge in [0, 0.05) is 22.7 Å². The molecule has 0 radical (unpaired) electrons. The Morgan fingerprint density at radius 1 is 1.30 bits per heavy atom. The maximum absolute atomic E-state index is 16.9. The van der Waals surface area contributed by atoms with Crippen LogP contribution in [0.4, 0.5) is 8.78 Å². The van der Waals surface area contributed by atoms with Crippen LogP contribution in [0.1, 0.15) is 40.0 Å². The van der Waals surface area contributed by atoms with Crippen LogP contribution in [0.2, 0.25) is 0 Å². The van der Waals surface area contributed by atoms with Crippen LogP contribution in [0.15, 0.2) is 23.8 Å². The molecule has 0 unspecified atom stereocenters. The molecular formula is C22H26F2O6. The summed E-state index contributed by atoms with van der Waals surface area (Å²) in [7, 11) is 0. The van der Waals surface area contributed by atoms with Crippen LogP contribution < -0.4 is 0 Å². The molecule has 9 atom stereocenters. The Morgan fingerprint density at radius 2 is 1.97 bits per heavy atom. The number of alkyl halides is 2. The normalized spacial score (nSPS) is 52.0. The second kappa shape index (κ2) is 6.22. The summed E-state index contributed by atoms with van der Waals surface area (Å²) >= 11 is 0. The van der Waals surface area contributed by atoms with Crippen molar-refractivity contribution in [2.75, 3.05) is 0 Å². The molecule has 3 saturated carbocycles. The highest BCUT2D eigenvalue weighted by Crippen LogP contribution is 2.71. The second-order valence-corrected chi connectivity index (χ2v) is 9.75. The number of carboxylic acid groups (broad SMARTS) is 1. The van der Waals surface area contributed by atoms with Crippen LogP contribution in [0.5, 0.6) is 0 Å². The highest BCUT2D eigenvalue weighted by atomic mass is 19.1. The lowest BCUT2D eigenvalue weighted by Gasteiger charge is -2.62. The summed E-state index contributed by atoms with van der Waals surface area (Å²) in [6.07, 6.45) is 0.0587. The number of allylic oxidation sites excluding steroid dienone is 4. The van der Waals surface area contributed by atoms with Crippen molar-refractivity contribution in [3.8, 4) is 0 Å². The molecule has 30 heavy (non-hydrogen) atoms. The number of fused-ring (bicyclic) bond motifs is 5. The smallest absolute Gasteiger partial charge is 0.349 e. The fourth-order valence-electron chi connectivity index (χ4n) is 7.36.